The number of hydrogen-bond acceptors (Lipinski definition) is 3. The van der Waals surface area contributed by atoms with Crippen molar-refractivity contribution >= 4 is 11.6 Å². The zero-order chi connectivity index (χ0) is 17.2. The Morgan fingerprint density at radius 2 is 1.64 bits per heavy atom. The average molecular weight is 345 g/mol. The van der Waals surface area contributed by atoms with E-state index in [-0.39, 0.29) is 0 Å². The number of nitrogens with zero attached hydrogens (tertiary/aromatic N) is 4. The molecular formula is C20H13ClN4. The van der Waals surface area contributed by atoms with Crippen molar-refractivity contribution in [1.82, 2.24) is 14.5 Å². The first-order valence-corrected chi connectivity index (χ1v) is 8.17. The summed E-state index contributed by atoms with van der Waals surface area (Å²) in [6.07, 6.45) is 3.98. The van der Waals surface area contributed by atoms with Gasteiger partial charge >= 0.3 is 0 Å². The lowest BCUT2D eigenvalue weighted by Gasteiger charge is -2.08. The van der Waals surface area contributed by atoms with E-state index in [1.54, 1.807) is 12.1 Å². The molecule has 0 fully saturated rings. The summed E-state index contributed by atoms with van der Waals surface area (Å²) >= 11 is 5.93. The van der Waals surface area contributed by atoms with Gasteiger partial charge < -0.3 is 4.57 Å². The van der Waals surface area contributed by atoms with Crippen LogP contribution in [0, 0.1) is 11.3 Å². The van der Waals surface area contributed by atoms with Crippen molar-refractivity contribution in [2.75, 3.05) is 0 Å². The van der Waals surface area contributed by atoms with E-state index >= 15 is 0 Å². The van der Waals surface area contributed by atoms with Gasteiger partial charge in [-0.2, -0.15) is 5.26 Å². The molecule has 2 aliphatic heterocycles. The molecule has 0 saturated heterocycles. The van der Waals surface area contributed by atoms with Crippen LogP contribution in [0.4, 0.5) is 0 Å². The van der Waals surface area contributed by atoms with Gasteiger partial charge in [0.05, 0.1) is 17.3 Å². The molecule has 0 amide bonds. The Hall–Kier alpha value is -3.16. The van der Waals surface area contributed by atoms with Gasteiger partial charge in [-0.1, -0.05) is 23.7 Å². The summed E-state index contributed by atoms with van der Waals surface area (Å²) in [5.41, 5.74) is 4.39. The molecule has 2 aromatic rings. The highest BCUT2D eigenvalue weighted by Crippen LogP contribution is 2.25. The minimum absolute atomic E-state index is 0.626. The topological polar surface area (TPSA) is 54.5 Å². The van der Waals surface area contributed by atoms with Gasteiger partial charge in [0.2, 0.25) is 0 Å². The summed E-state index contributed by atoms with van der Waals surface area (Å²) in [6, 6.07) is 19.2. The molecule has 5 heteroatoms. The maximum absolute atomic E-state index is 8.89. The van der Waals surface area contributed by atoms with Gasteiger partial charge in [0.25, 0.3) is 0 Å². The number of aromatic nitrogens is 3. The maximum atomic E-state index is 8.89. The van der Waals surface area contributed by atoms with Gasteiger partial charge in [0.1, 0.15) is 5.69 Å². The Labute approximate surface area is 150 Å². The molecule has 0 bridgehead atoms. The Morgan fingerprint density at radius 3 is 2.36 bits per heavy atom. The summed E-state index contributed by atoms with van der Waals surface area (Å²) in [5.74, 6) is 0.670. The quantitative estimate of drug-likeness (QED) is 0.544. The molecule has 0 N–H and O–H groups in total. The normalized spacial score (nSPS) is 10.7. The standard InChI is InChI=1S/C20H13ClN4/c21-17-7-3-15(4-8-17)12-25-10-9-18-19(13-25)24-20(23-18)16-5-1-14(11-22)2-6-16/h1-10,13H,12H2. The second-order valence-corrected chi connectivity index (χ2v) is 6.19. The van der Waals surface area contributed by atoms with Gasteiger partial charge in [-0.3, -0.25) is 0 Å². The lowest BCUT2D eigenvalue weighted by atomic mass is 10.1. The number of pyridine rings is 1. The fourth-order valence-electron chi connectivity index (χ4n) is 2.67. The van der Waals surface area contributed by atoms with E-state index in [0.717, 1.165) is 28.5 Å². The monoisotopic (exact) mass is 344 g/mol. The van der Waals surface area contributed by atoms with Crippen LogP contribution in [0.2, 0.25) is 5.02 Å². The van der Waals surface area contributed by atoms with Crippen LogP contribution in [0.3, 0.4) is 0 Å². The van der Waals surface area contributed by atoms with Gasteiger partial charge in [-0.05, 0) is 48.0 Å². The van der Waals surface area contributed by atoms with E-state index in [1.807, 2.05) is 54.9 Å². The van der Waals surface area contributed by atoms with Crippen molar-refractivity contribution in [2.24, 2.45) is 0 Å². The molecule has 2 aliphatic rings. The highest BCUT2D eigenvalue weighted by molar-refractivity contribution is 6.30. The van der Waals surface area contributed by atoms with Crippen molar-refractivity contribution < 1.29 is 0 Å². The molecular weight excluding hydrogens is 332 g/mol. The van der Waals surface area contributed by atoms with Gasteiger partial charge in [0.15, 0.2) is 5.82 Å². The summed E-state index contributed by atoms with van der Waals surface area (Å²) in [5, 5.41) is 9.62. The first-order valence-electron chi connectivity index (χ1n) is 7.80. The van der Waals surface area contributed by atoms with Crippen LogP contribution in [-0.4, -0.2) is 14.5 Å². The van der Waals surface area contributed by atoms with Crippen molar-refractivity contribution in [3.05, 3.63) is 83.1 Å². The fourth-order valence-corrected chi connectivity index (χ4v) is 2.80. The highest BCUT2D eigenvalue weighted by atomic mass is 35.5. The fraction of sp³-hybridized carbons (Fsp3) is 0.0500. The van der Waals surface area contributed by atoms with Crippen LogP contribution in [-0.2, 0) is 6.54 Å². The Morgan fingerprint density at radius 1 is 0.920 bits per heavy atom. The zero-order valence-corrected chi connectivity index (χ0v) is 14.0. The molecule has 0 unspecified atom stereocenters. The lowest BCUT2D eigenvalue weighted by molar-refractivity contribution is 0.789. The molecule has 2 aromatic carbocycles. The van der Waals surface area contributed by atoms with Crippen molar-refractivity contribution in [3.63, 3.8) is 0 Å². The first kappa shape index (κ1) is 15.4. The third-order valence-electron chi connectivity index (χ3n) is 3.98. The van der Waals surface area contributed by atoms with Crippen LogP contribution in [0.5, 0.6) is 0 Å². The molecule has 0 aliphatic carbocycles. The molecule has 0 atom stereocenters. The number of halogens is 1. The number of nitriles is 1. The van der Waals surface area contributed by atoms with Gasteiger partial charge in [-0.25, -0.2) is 9.97 Å². The number of fused-ring (bicyclic) bond motifs is 1. The molecule has 0 radical (unpaired) electrons. The Bertz CT molecular complexity index is 1030. The van der Waals surface area contributed by atoms with E-state index in [0.29, 0.717) is 11.4 Å². The van der Waals surface area contributed by atoms with Crippen LogP contribution < -0.4 is 0 Å². The van der Waals surface area contributed by atoms with Crippen LogP contribution in [0.1, 0.15) is 11.1 Å². The largest absolute Gasteiger partial charge is 0.348 e. The summed E-state index contributed by atoms with van der Waals surface area (Å²) in [7, 11) is 0. The van der Waals surface area contributed by atoms with Crippen LogP contribution >= 0.6 is 11.6 Å². The molecule has 0 aromatic heterocycles. The second kappa shape index (κ2) is 6.39. The smallest absolute Gasteiger partial charge is 0.160 e. The van der Waals surface area contributed by atoms with E-state index < -0.39 is 0 Å². The molecule has 4 nitrogen and oxygen atoms in total. The maximum Gasteiger partial charge on any atom is 0.160 e. The number of imidazole rings is 1. The highest BCUT2D eigenvalue weighted by Gasteiger charge is 2.12. The first-order chi connectivity index (χ1) is 12.2. The van der Waals surface area contributed by atoms with E-state index in [4.69, 9.17) is 16.9 Å². The van der Waals surface area contributed by atoms with Crippen LogP contribution in [0.15, 0.2) is 67.0 Å². The Balaban J connectivity index is 1.64. The van der Waals surface area contributed by atoms with Crippen molar-refractivity contribution in [2.45, 2.75) is 6.54 Å². The molecule has 25 heavy (non-hydrogen) atoms. The predicted molar refractivity (Wildman–Crippen MR) is 97.3 cm³/mol. The van der Waals surface area contributed by atoms with E-state index in [9.17, 15) is 0 Å². The molecule has 120 valence electrons. The minimum Gasteiger partial charge on any atom is -0.348 e. The van der Waals surface area contributed by atoms with E-state index in [1.165, 1.54) is 5.56 Å². The Kier molecular flexibility index (Phi) is 3.93. The number of benzene rings is 2. The van der Waals surface area contributed by atoms with E-state index in [2.05, 4.69) is 20.6 Å². The predicted octanol–water partition coefficient (Wildman–Crippen LogP) is 4.62. The average Bonchev–Trinajstić information content (AvgIpc) is 3.07. The lowest BCUT2D eigenvalue weighted by Crippen LogP contribution is -2.00. The molecule has 2 heterocycles. The summed E-state index contributed by atoms with van der Waals surface area (Å²) in [6.45, 7) is 0.742. The summed E-state index contributed by atoms with van der Waals surface area (Å²) in [4.78, 5) is 9.19. The summed E-state index contributed by atoms with van der Waals surface area (Å²) < 4.78 is 2.07. The van der Waals surface area contributed by atoms with Crippen LogP contribution in [0.25, 0.3) is 22.8 Å². The second-order valence-electron chi connectivity index (χ2n) is 5.75. The van der Waals surface area contributed by atoms with Crippen molar-refractivity contribution in [1.29, 1.82) is 5.26 Å². The zero-order valence-electron chi connectivity index (χ0n) is 13.2. The molecule has 0 saturated carbocycles. The van der Waals surface area contributed by atoms with Gasteiger partial charge in [0, 0.05) is 29.5 Å². The van der Waals surface area contributed by atoms with Gasteiger partial charge in [-0.15, -0.1) is 0 Å². The van der Waals surface area contributed by atoms with Crippen molar-refractivity contribution in [3.8, 4) is 28.8 Å². The minimum atomic E-state index is 0.626. The third kappa shape index (κ3) is 3.23. The molecule has 4 rings (SSSR count). The number of hydrogen-bond donors (Lipinski definition) is 0. The third-order valence-corrected chi connectivity index (χ3v) is 4.23. The number of rotatable bonds is 3. The molecule has 0 spiro atoms. The SMILES string of the molecule is N#Cc1ccc(-c2nc3ccn(Cc4ccc(Cl)cc4)cc-3n2)cc1.